The van der Waals surface area contributed by atoms with Crippen LogP contribution in [0, 0.1) is 6.92 Å². The number of hydrogen-bond acceptors (Lipinski definition) is 3. The van der Waals surface area contributed by atoms with Crippen molar-refractivity contribution in [2.24, 2.45) is 0 Å². The van der Waals surface area contributed by atoms with Gasteiger partial charge in [0.15, 0.2) is 5.78 Å². The van der Waals surface area contributed by atoms with E-state index in [-0.39, 0.29) is 24.7 Å². The predicted molar refractivity (Wildman–Crippen MR) is 66.8 cm³/mol. The van der Waals surface area contributed by atoms with Gasteiger partial charge in [0.05, 0.1) is 12.2 Å². The van der Waals surface area contributed by atoms with Gasteiger partial charge in [-0.3, -0.25) is 4.79 Å². The number of halogens is 1. The van der Waals surface area contributed by atoms with E-state index in [9.17, 15) is 9.59 Å². The van der Waals surface area contributed by atoms with Gasteiger partial charge < -0.3 is 4.74 Å². The Morgan fingerprint density at radius 2 is 2.06 bits per heavy atom. The smallest absolute Gasteiger partial charge is 0.339 e. The highest BCUT2D eigenvalue weighted by molar-refractivity contribution is 6.20. The van der Waals surface area contributed by atoms with Crippen LogP contribution in [0.25, 0.3) is 0 Å². The fourth-order valence-electron chi connectivity index (χ4n) is 1.59. The zero-order chi connectivity index (χ0) is 12.8. The Hall–Kier alpha value is -1.35. The molecule has 1 rings (SSSR count). The van der Waals surface area contributed by atoms with Crippen LogP contribution in [0.2, 0.25) is 0 Å². The molecule has 0 saturated carbocycles. The average Bonchev–Trinajstić information content (AvgIpc) is 2.29. The number of ether oxygens (including phenoxy) is 1. The first-order valence-electron chi connectivity index (χ1n) is 5.47. The Morgan fingerprint density at radius 3 is 2.65 bits per heavy atom. The van der Waals surface area contributed by atoms with Gasteiger partial charge in [0.1, 0.15) is 0 Å². The van der Waals surface area contributed by atoms with Gasteiger partial charge in [-0.1, -0.05) is 18.2 Å². The number of Topliss-reactive ketones (excluding diaryl/α,β-unsaturated/α-hetero) is 1. The highest BCUT2D eigenvalue weighted by atomic mass is 35.5. The van der Waals surface area contributed by atoms with Gasteiger partial charge >= 0.3 is 5.97 Å². The summed E-state index contributed by atoms with van der Waals surface area (Å²) < 4.78 is 4.95. The quantitative estimate of drug-likeness (QED) is 0.461. The molecule has 92 valence electrons. The van der Waals surface area contributed by atoms with Crippen molar-refractivity contribution < 1.29 is 14.3 Å². The minimum atomic E-state index is -0.455. The van der Waals surface area contributed by atoms with Crippen LogP contribution in [0.1, 0.15) is 39.6 Å². The molecule has 0 fully saturated rings. The first kappa shape index (κ1) is 13.7. The third kappa shape index (κ3) is 3.30. The standard InChI is InChI=1S/C13H15ClO3/c1-3-17-13(16)12-9(2)5-4-6-10(12)11(15)7-8-14/h4-6H,3,7-8H2,1-2H3. The van der Waals surface area contributed by atoms with Gasteiger partial charge in [-0.05, 0) is 19.4 Å². The molecule has 0 bridgehead atoms. The number of esters is 1. The Morgan fingerprint density at radius 1 is 1.35 bits per heavy atom. The van der Waals surface area contributed by atoms with E-state index in [1.165, 1.54) is 0 Å². The zero-order valence-electron chi connectivity index (χ0n) is 9.96. The van der Waals surface area contributed by atoms with Gasteiger partial charge in [-0.2, -0.15) is 0 Å². The van der Waals surface area contributed by atoms with E-state index in [4.69, 9.17) is 16.3 Å². The van der Waals surface area contributed by atoms with E-state index in [1.54, 1.807) is 32.0 Å². The van der Waals surface area contributed by atoms with Gasteiger partial charge in [-0.15, -0.1) is 11.6 Å². The first-order valence-corrected chi connectivity index (χ1v) is 6.01. The van der Waals surface area contributed by atoms with Crippen molar-refractivity contribution in [2.75, 3.05) is 12.5 Å². The zero-order valence-corrected chi connectivity index (χ0v) is 10.7. The number of benzene rings is 1. The summed E-state index contributed by atoms with van der Waals surface area (Å²) in [5.74, 6) is -0.343. The highest BCUT2D eigenvalue weighted by Gasteiger charge is 2.19. The van der Waals surface area contributed by atoms with Crippen molar-refractivity contribution in [2.45, 2.75) is 20.3 Å². The van der Waals surface area contributed by atoms with Crippen molar-refractivity contribution in [3.8, 4) is 0 Å². The molecule has 0 aliphatic heterocycles. The minimum Gasteiger partial charge on any atom is -0.462 e. The number of rotatable bonds is 5. The summed E-state index contributed by atoms with van der Waals surface area (Å²) in [7, 11) is 0. The van der Waals surface area contributed by atoms with Gasteiger partial charge in [0, 0.05) is 17.9 Å². The summed E-state index contributed by atoms with van der Waals surface area (Å²) in [6, 6.07) is 5.16. The lowest BCUT2D eigenvalue weighted by atomic mass is 9.98. The number of alkyl halides is 1. The molecule has 0 atom stereocenters. The summed E-state index contributed by atoms with van der Waals surface area (Å²) in [5.41, 5.74) is 1.48. The second-order valence-corrected chi connectivity index (χ2v) is 3.96. The van der Waals surface area contributed by atoms with Crippen molar-refractivity contribution >= 4 is 23.4 Å². The van der Waals surface area contributed by atoms with Crippen molar-refractivity contribution in [3.63, 3.8) is 0 Å². The molecule has 0 saturated heterocycles. The van der Waals surface area contributed by atoms with Gasteiger partial charge in [-0.25, -0.2) is 4.79 Å². The van der Waals surface area contributed by atoms with Crippen LogP contribution in [-0.2, 0) is 4.74 Å². The topological polar surface area (TPSA) is 43.4 Å². The Kier molecular flexibility index (Phi) is 5.16. The monoisotopic (exact) mass is 254 g/mol. The molecule has 17 heavy (non-hydrogen) atoms. The van der Waals surface area contributed by atoms with E-state index < -0.39 is 5.97 Å². The summed E-state index contributed by atoms with van der Waals surface area (Å²) in [5, 5.41) is 0. The lowest BCUT2D eigenvalue weighted by Gasteiger charge is -2.10. The number of ketones is 1. The van der Waals surface area contributed by atoms with E-state index in [2.05, 4.69) is 0 Å². The molecule has 4 heteroatoms. The molecule has 0 heterocycles. The van der Waals surface area contributed by atoms with Crippen molar-refractivity contribution in [3.05, 3.63) is 34.9 Å². The average molecular weight is 255 g/mol. The number of carbonyl (C=O) groups excluding carboxylic acids is 2. The molecule has 1 aromatic carbocycles. The minimum absolute atomic E-state index is 0.133. The molecule has 0 N–H and O–H groups in total. The van der Waals surface area contributed by atoms with Crippen LogP contribution in [0.3, 0.4) is 0 Å². The molecule has 0 amide bonds. The highest BCUT2D eigenvalue weighted by Crippen LogP contribution is 2.17. The maximum atomic E-state index is 11.8. The van der Waals surface area contributed by atoms with Crippen LogP contribution < -0.4 is 0 Å². The Balaban J connectivity index is 3.17. The fourth-order valence-corrected chi connectivity index (χ4v) is 1.77. The first-order chi connectivity index (χ1) is 8.11. The Bertz CT molecular complexity index is 427. The van der Waals surface area contributed by atoms with Crippen LogP contribution >= 0.6 is 11.6 Å². The second-order valence-electron chi connectivity index (χ2n) is 3.58. The maximum absolute atomic E-state index is 11.8. The third-order valence-electron chi connectivity index (χ3n) is 2.37. The molecule has 0 aliphatic carbocycles. The molecule has 0 unspecified atom stereocenters. The molecule has 0 spiro atoms. The normalized spacial score (nSPS) is 10.1. The van der Waals surface area contributed by atoms with E-state index in [1.807, 2.05) is 0 Å². The number of aryl methyl sites for hydroxylation is 1. The van der Waals surface area contributed by atoms with Crippen LogP contribution in [0.4, 0.5) is 0 Å². The molecule has 0 aromatic heterocycles. The van der Waals surface area contributed by atoms with Crippen molar-refractivity contribution in [1.82, 2.24) is 0 Å². The van der Waals surface area contributed by atoms with E-state index in [0.717, 1.165) is 5.56 Å². The second kappa shape index (κ2) is 6.40. The fraction of sp³-hybridized carbons (Fsp3) is 0.385. The predicted octanol–water partition coefficient (Wildman–Crippen LogP) is 2.98. The third-order valence-corrected chi connectivity index (χ3v) is 2.56. The molecule has 0 radical (unpaired) electrons. The molecule has 0 aliphatic rings. The van der Waals surface area contributed by atoms with Crippen molar-refractivity contribution in [1.29, 1.82) is 0 Å². The summed E-state index contributed by atoms with van der Waals surface area (Å²) in [4.78, 5) is 23.6. The largest absolute Gasteiger partial charge is 0.462 e. The Labute approximate surface area is 106 Å². The SMILES string of the molecule is CCOC(=O)c1c(C)cccc1C(=O)CCCl. The summed E-state index contributed by atoms with van der Waals surface area (Å²) in [6.45, 7) is 3.80. The molecular formula is C13H15ClO3. The van der Waals surface area contributed by atoms with Crippen LogP contribution in [-0.4, -0.2) is 24.2 Å². The van der Waals surface area contributed by atoms with Crippen LogP contribution in [0.5, 0.6) is 0 Å². The van der Waals surface area contributed by atoms with E-state index in [0.29, 0.717) is 11.1 Å². The molecule has 3 nitrogen and oxygen atoms in total. The number of hydrogen-bond donors (Lipinski definition) is 0. The lowest BCUT2D eigenvalue weighted by Crippen LogP contribution is -2.14. The van der Waals surface area contributed by atoms with Gasteiger partial charge in [0.25, 0.3) is 0 Å². The van der Waals surface area contributed by atoms with E-state index >= 15 is 0 Å². The molecule has 1 aromatic rings. The van der Waals surface area contributed by atoms with Crippen LogP contribution in [0.15, 0.2) is 18.2 Å². The maximum Gasteiger partial charge on any atom is 0.339 e. The summed E-state index contributed by atoms with van der Waals surface area (Å²) >= 11 is 5.54. The number of carbonyl (C=O) groups is 2. The summed E-state index contributed by atoms with van der Waals surface area (Å²) in [6.07, 6.45) is 0.220. The van der Waals surface area contributed by atoms with Gasteiger partial charge in [0.2, 0.25) is 0 Å². The molecular weight excluding hydrogens is 240 g/mol. The lowest BCUT2D eigenvalue weighted by molar-refractivity contribution is 0.0522.